The molecule has 7 nitrogen and oxygen atoms in total. The summed E-state index contributed by atoms with van der Waals surface area (Å²) in [6.45, 7) is 8.22. The van der Waals surface area contributed by atoms with Crippen LogP contribution in [0.3, 0.4) is 0 Å². The lowest BCUT2D eigenvalue weighted by atomic mass is 9.87. The predicted octanol–water partition coefficient (Wildman–Crippen LogP) is 6.60. The molecule has 0 radical (unpaired) electrons. The molecule has 0 bridgehead atoms. The summed E-state index contributed by atoms with van der Waals surface area (Å²) in [4.78, 5) is 25.8. The number of carbonyl (C=O) groups excluding carboxylic acids is 2. The van der Waals surface area contributed by atoms with Crippen molar-refractivity contribution in [1.29, 1.82) is 0 Å². The maximum absolute atomic E-state index is 12.9. The lowest BCUT2D eigenvalue weighted by Gasteiger charge is -2.19. The molecular formula is C31H31N3O4S. The van der Waals surface area contributed by atoms with Crippen molar-refractivity contribution >= 4 is 38.9 Å². The van der Waals surface area contributed by atoms with Gasteiger partial charge in [-0.15, -0.1) is 0 Å². The molecule has 0 aliphatic heterocycles. The van der Waals surface area contributed by atoms with Gasteiger partial charge in [0.25, 0.3) is 21.8 Å². The highest BCUT2D eigenvalue weighted by Crippen LogP contribution is 2.23. The molecule has 0 saturated carbocycles. The Morgan fingerprint density at radius 2 is 1.18 bits per heavy atom. The van der Waals surface area contributed by atoms with Crippen LogP contribution in [0.1, 0.15) is 52.6 Å². The third-order valence-corrected chi connectivity index (χ3v) is 7.50. The quantitative estimate of drug-likeness (QED) is 0.245. The molecule has 0 fully saturated rings. The second-order valence-corrected chi connectivity index (χ2v) is 12.0. The molecule has 0 saturated heterocycles. The average molecular weight is 542 g/mol. The highest BCUT2D eigenvalue weighted by Gasteiger charge is 2.16. The van der Waals surface area contributed by atoms with Crippen LogP contribution in [0.4, 0.5) is 17.1 Å². The standard InChI is InChI=1S/C31H31N3O4S/c1-21-11-17-28(18-12-21)39(37,38)34-27-10-5-7-23(19-27)30(36)33-26-9-6-8-25(20-26)32-29(35)22-13-15-24(16-14-22)31(2,3)4/h5-20,34H,1-4H3,(H,32,35)(H,33,36). The molecule has 200 valence electrons. The Labute approximate surface area is 229 Å². The minimum Gasteiger partial charge on any atom is -0.322 e. The van der Waals surface area contributed by atoms with Gasteiger partial charge >= 0.3 is 0 Å². The van der Waals surface area contributed by atoms with Gasteiger partial charge in [-0.05, 0) is 78.6 Å². The molecule has 39 heavy (non-hydrogen) atoms. The van der Waals surface area contributed by atoms with Crippen molar-refractivity contribution in [3.05, 3.63) is 119 Å². The van der Waals surface area contributed by atoms with Gasteiger partial charge in [0, 0.05) is 28.2 Å². The summed E-state index contributed by atoms with van der Waals surface area (Å²) in [6, 6.07) is 27.0. The minimum absolute atomic E-state index is 0.00747. The van der Waals surface area contributed by atoms with Gasteiger partial charge in [0.2, 0.25) is 0 Å². The summed E-state index contributed by atoms with van der Waals surface area (Å²) in [7, 11) is -3.80. The first-order valence-corrected chi connectivity index (χ1v) is 13.9. The zero-order chi connectivity index (χ0) is 28.2. The van der Waals surface area contributed by atoms with Crippen molar-refractivity contribution in [2.45, 2.75) is 38.0 Å². The zero-order valence-electron chi connectivity index (χ0n) is 22.3. The number of hydrogen-bond acceptors (Lipinski definition) is 4. The highest BCUT2D eigenvalue weighted by molar-refractivity contribution is 7.92. The SMILES string of the molecule is Cc1ccc(S(=O)(=O)Nc2cccc(C(=O)Nc3cccc(NC(=O)c4ccc(C(C)(C)C)cc4)c3)c2)cc1. The number of hydrogen-bond donors (Lipinski definition) is 3. The van der Waals surface area contributed by atoms with Gasteiger partial charge in [0.1, 0.15) is 0 Å². The summed E-state index contributed by atoms with van der Waals surface area (Å²) in [6.07, 6.45) is 0. The smallest absolute Gasteiger partial charge is 0.261 e. The molecule has 0 aliphatic rings. The Kier molecular flexibility index (Phi) is 7.88. The third-order valence-electron chi connectivity index (χ3n) is 6.10. The van der Waals surface area contributed by atoms with Crippen LogP contribution in [0.2, 0.25) is 0 Å². The third kappa shape index (κ3) is 7.12. The fourth-order valence-electron chi connectivity index (χ4n) is 3.86. The van der Waals surface area contributed by atoms with E-state index in [1.807, 2.05) is 19.1 Å². The van der Waals surface area contributed by atoms with Gasteiger partial charge in [-0.1, -0.05) is 62.7 Å². The molecule has 4 aromatic rings. The summed E-state index contributed by atoms with van der Waals surface area (Å²) in [5.41, 5.74) is 4.15. The molecule has 4 aromatic carbocycles. The maximum atomic E-state index is 12.9. The van der Waals surface area contributed by atoms with Gasteiger partial charge in [-0.25, -0.2) is 8.42 Å². The molecule has 3 N–H and O–H groups in total. The van der Waals surface area contributed by atoms with E-state index in [1.54, 1.807) is 66.7 Å². The number of carbonyl (C=O) groups is 2. The number of sulfonamides is 1. The van der Waals surface area contributed by atoms with E-state index in [-0.39, 0.29) is 27.5 Å². The van der Waals surface area contributed by atoms with Gasteiger partial charge in [-0.3, -0.25) is 14.3 Å². The van der Waals surface area contributed by atoms with Crippen LogP contribution in [0.15, 0.2) is 102 Å². The molecule has 0 spiro atoms. The molecule has 8 heteroatoms. The van der Waals surface area contributed by atoms with Crippen LogP contribution >= 0.6 is 0 Å². The fourth-order valence-corrected chi connectivity index (χ4v) is 4.91. The van der Waals surface area contributed by atoms with Crippen molar-refractivity contribution in [2.75, 3.05) is 15.4 Å². The predicted molar refractivity (Wildman–Crippen MR) is 156 cm³/mol. The number of amides is 2. The summed E-state index contributed by atoms with van der Waals surface area (Å²) < 4.78 is 28.0. The average Bonchev–Trinajstić information content (AvgIpc) is 2.88. The maximum Gasteiger partial charge on any atom is 0.261 e. The molecule has 0 heterocycles. The van der Waals surface area contributed by atoms with E-state index in [0.717, 1.165) is 11.1 Å². The van der Waals surface area contributed by atoms with Crippen LogP contribution in [0, 0.1) is 6.92 Å². The Bertz CT molecular complexity index is 1610. The fraction of sp³-hybridized carbons (Fsp3) is 0.161. The summed E-state index contributed by atoms with van der Waals surface area (Å²) in [5.74, 6) is -0.680. The second-order valence-electron chi connectivity index (χ2n) is 10.3. The lowest BCUT2D eigenvalue weighted by molar-refractivity contribution is 0.101. The number of nitrogens with one attached hydrogen (secondary N) is 3. The molecule has 0 aromatic heterocycles. The van der Waals surface area contributed by atoms with Crippen molar-refractivity contribution in [3.63, 3.8) is 0 Å². The Hall–Kier alpha value is -4.43. The van der Waals surface area contributed by atoms with Gasteiger partial charge in [0.15, 0.2) is 0 Å². The van der Waals surface area contributed by atoms with Crippen LogP contribution in [-0.4, -0.2) is 20.2 Å². The largest absolute Gasteiger partial charge is 0.322 e. The normalized spacial score (nSPS) is 11.5. The molecule has 2 amide bonds. The molecule has 0 unspecified atom stereocenters. The van der Waals surface area contributed by atoms with E-state index in [2.05, 4.69) is 36.1 Å². The Morgan fingerprint density at radius 1 is 0.641 bits per heavy atom. The van der Waals surface area contributed by atoms with E-state index in [4.69, 9.17) is 0 Å². The Morgan fingerprint density at radius 3 is 1.77 bits per heavy atom. The number of aryl methyl sites for hydroxylation is 1. The van der Waals surface area contributed by atoms with Gasteiger partial charge in [-0.2, -0.15) is 0 Å². The molecule has 0 aliphatic carbocycles. The van der Waals surface area contributed by atoms with Gasteiger partial charge in [0.05, 0.1) is 4.90 Å². The van der Waals surface area contributed by atoms with Crippen LogP contribution in [0.25, 0.3) is 0 Å². The summed E-state index contributed by atoms with van der Waals surface area (Å²) in [5, 5.41) is 5.65. The van der Waals surface area contributed by atoms with E-state index in [9.17, 15) is 18.0 Å². The van der Waals surface area contributed by atoms with E-state index in [0.29, 0.717) is 16.9 Å². The lowest BCUT2D eigenvalue weighted by Crippen LogP contribution is -2.16. The first-order chi connectivity index (χ1) is 18.4. The second kappa shape index (κ2) is 11.1. The first kappa shape index (κ1) is 27.6. The number of rotatable bonds is 7. The molecular weight excluding hydrogens is 510 g/mol. The highest BCUT2D eigenvalue weighted by atomic mass is 32.2. The number of anilines is 3. The van der Waals surface area contributed by atoms with Crippen LogP contribution < -0.4 is 15.4 Å². The van der Waals surface area contributed by atoms with E-state index < -0.39 is 15.9 Å². The van der Waals surface area contributed by atoms with Crippen molar-refractivity contribution in [2.24, 2.45) is 0 Å². The number of benzene rings is 4. The van der Waals surface area contributed by atoms with Gasteiger partial charge < -0.3 is 10.6 Å². The Balaban J connectivity index is 1.43. The van der Waals surface area contributed by atoms with E-state index >= 15 is 0 Å². The van der Waals surface area contributed by atoms with Crippen molar-refractivity contribution in [3.8, 4) is 0 Å². The minimum atomic E-state index is -3.80. The topological polar surface area (TPSA) is 104 Å². The molecule has 4 rings (SSSR count). The van der Waals surface area contributed by atoms with E-state index in [1.165, 1.54) is 18.2 Å². The van der Waals surface area contributed by atoms with Crippen LogP contribution in [-0.2, 0) is 15.4 Å². The zero-order valence-corrected chi connectivity index (χ0v) is 23.1. The van der Waals surface area contributed by atoms with Crippen molar-refractivity contribution in [1.82, 2.24) is 0 Å². The summed E-state index contributed by atoms with van der Waals surface area (Å²) >= 11 is 0. The molecule has 0 atom stereocenters. The van der Waals surface area contributed by atoms with Crippen molar-refractivity contribution < 1.29 is 18.0 Å². The monoisotopic (exact) mass is 541 g/mol. The van der Waals surface area contributed by atoms with Crippen LogP contribution in [0.5, 0.6) is 0 Å². The first-order valence-electron chi connectivity index (χ1n) is 12.4.